The van der Waals surface area contributed by atoms with Crippen molar-refractivity contribution >= 4 is 40.0 Å². The molecule has 0 bridgehead atoms. The number of H-pyrrole nitrogens is 1. The molecule has 2 unspecified atom stereocenters. The Labute approximate surface area is 207 Å². The van der Waals surface area contributed by atoms with Gasteiger partial charge in [-0.3, -0.25) is 19.7 Å². The molecule has 2 fully saturated rings. The molecule has 3 aromatic carbocycles. The Bertz CT molecular complexity index is 1580. The molecule has 0 aliphatic carbocycles. The van der Waals surface area contributed by atoms with Crippen LogP contribution in [0.15, 0.2) is 79.0 Å². The van der Waals surface area contributed by atoms with E-state index < -0.39 is 23.4 Å². The zero-order valence-electron chi connectivity index (χ0n) is 19.6. The first kappa shape index (κ1) is 21.1. The van der Waals surface area contributed by atoms with Crippen LogP contribution in [0, 0.1) is 18.8 Å². The van der Waals surface area contributed by atoms with E-state index in [1.54, 1.807) is 12.1 Å². The third-order valence-corrected chi connectivity index (χ3v) is 8.00. The molecule has 1 spiro atoms. The first-order chi connectivity index (χ1) is 17.5. The number of fused-ring (bicyclic) bond motifs is 5. The summed E-state index contributed by atoms with van der Waals surface area (Å²) in [5.74, 6) is -2.41. The fraction of sp³-hybridized carbons (Fsp3) is 0.207. The lowest BCUT2D eigenvalue weighted by atomic mass is 9.76. The van der Waals surface area contributed by atoms with Crippen LogP contribution in [-0.2, 0) is 26.3 Å². The number of para-hydroxylation sites is 2. The van der Waals surface area contributed by atoms with Gasteiger partial charge in [0.25, 0.3) is 0 Å². The fourth-order valence-electron chi connectivity index (χ4n) is 6.46. The van der Waals surface area contributed by atoms with E-state index in [2.05, 4.69) is 15.6 Å². The predicted octanol–water partition coefficient (Wildman–Crippen LogP) is 3.64. The molecule has 4 aromatic rings. The van der Waals surface area contributed by atoms with Gasteiger partial charge in [-0.05, 0) is 43.2 Å². The summed E-state index contributed by atoms with van der Waals surface area (Å²) >= 11 is 0. The number of aryl methyl sites for hydroxylation is 1. The fourth-order valence-corrected chi connectivity index (χ4v) is 6.46. The molecule has 7 rings (SSSR count). The highest BCUT2D eigenvalue weighted by Gasteiger charge is 2.70. The SMILES string of the molecule is Cc1ccc2c(c1)C1(NC(Cc3c[nH]c4ccccc34)[C@H]3C(=O)N(c4ccccc4)C(=O)[C@H]31)C(=O)N2. The van der Waals surface area contributed by atoms with E-state index in [1.807, 2.05) is 73.8 Å². The van der Waals surface area contributed by atoms with Gasteiger partial charge in [0, 0.05) is 34.4 Å². The van der Waals surface area contributed by atoms with Gasteiger partial charge in [0.1, 0.15) is 5.54 Å². The van der Waals surface area contributed by atoms with E-state index in [-0.39, 0.29) is 17.7 Å². The zero-order valence-corrected chi connectivity index (χ0v) is 19.6. The minimum atomic E-state index is -1.31. The Balaban J connectivity index is 1.39. The molecular weight excluding hydrogens is 452 g/mol. The topological polar surface area (TPSA) is 94.3 Å². The summed E-state index contributed by atoms with van der Waals surface area (Å²) in [6, 6.07) is 22.4. The molecular formula is C29H24N4O3. The van der Waals surface area contributed by atoms with Crippen LogP contribution < -0.4 is 15.5 Å². The molecule has 3 N–H and O–H groups in total. The molecule has 3 amide bonds. The maximum atomic E-state index is 14.0. The number of nitrogens with zero attached hydrogens (tertiary/aromatic N) is 1. The van der Waals surface area contributed by atoms with E-state index in [9.17, 15) is 14.4 Å². The van der Waals surface area contributed by atoms with Crippen molar-refractivity contribution < 1.29 is 14.4 Å². The van der Waals surface area contributed by atoms with E-state index in [1.165, 1.54) is 4.90 Å². The molecule has 4 heterocycles. The van der Waals surface area contributed by atoms with Crippen molar-refractivity contribution in [2.24, 2.45) is 11.8 Å². The lowest BCUT2D eigenvalue weighted by Crippen LogP contribution is -2.53. The molecule has 1 aromatic heterocycles. The third kappa shape index (κ3) is 2.69. The van der Waals surface area contributed by atoms with Gasteiger partial charge in [-0.1, -0.05) is 54.1 Å². The average molecular weight is 477 g/mol. The largest absolute Gasteiger partial charge is 0.361 e. The average Bonchev–Trinajstić information content (AvgIpc) is 3.59. The predicted molar refractivity (Wildman–Crippen MR) is 136 cm³/mol. The van der Waals surface area contributed by atoms with Crippen molar-refractivity contribution in [3.8, 4) is 0 Å². The van der Waals surface area contributed by atoms with Crippen molar-refractivity contribution in [3.05, 3.63) is 95.7 Å². The Morgan fingerprint density at radius 1 is 0.917 bits per heavy atom. The minimum absolute atomic E-state index is 0.265. The van der Waals surface area contributed by atoms with Gasteiger partial charge in [-0.2, -0.15) is 0 Å². The van der Waals surface area contributed by atoms with Gasteiger partial charge in [0.2, 0.25) is 17.7 Å². The third-order valence-electron chi connectivity index (χ3n) is 8.00. The first-order valence-electron chi connectivity index (χ1n) is 12.2. The Morgan fingerprint density at radius 2 is 1.69 bits per heavy atom. The van der Waals surface area contributed by atoms with Crippen LogP contribution in [-0.4, -0.2) is 28.7 Å². The number of carbonyl (C=O) groups is 3. The second-order valence-corrected chi connectivity index (χ2v) is 9.98. The lowest BCUT2D eigenvalue weighted by Gasteiger charge is -2.29. The number of amides is 3. The molecule has 3 aliphatic heterocycles. The minimum Gasteiger partial charge on any atom is -0.361 e. The number of hydrogen-bond donors (Lipinski definition) is 3. The number of rotatable bonds is 3. The van der Waals surface area contributed by atoms with Gasteiger partial charge in [0.05, 0.1) is 17.5 Å². The van der Waals surface area contributed by atoms with Crippen LogP contribution in [0.1, 0.15) is 16.7 Å². The summed E-state index contributed by atoms with van der Waals surface area (Å²) in [5, 5.41) is 7.59. The van der Waals surface area contributed by atoms with Crippen LogP contribution in [0.25, 0.3) is 10.9 Å². The Hall–Kier alpha value is -4.23. The number of imide groups is 1. The van der Waals surface area contributed by atoms with E-state index >= 15 is 0 Å². The standard InChI is InChI=1S/C29H24N4O3/c1-16-11-12-22-20(13-16)29(28(36)31-22)25-24(26(34)33(27(25)35)18-7-3-2-4-8-18)23(32-29)14-17-15-30-21-10-6-5-9-19(17)21/h2-13,15,23-25,30,32H,14H2,1H3,(H,31,36)/t23?,24-,25+,29?/m1/s1. The zero-order chi connectivity index (χ0) is 24.6. The number of aromatic nitrogens is 1. The molecule has 3 aliphatic rings. The highest BCUT2D eigenvalue weighted by atomic mass is 16.2. The number of anilines is 2. The second kappa shape index (κ2) is 7.38. The molecule has 178 valence electrons. The molecule has 0 saturated carbocycles. The lowest BCUT2D eigenvalue weighted by molar-refractivity contribution is -0.130. The Kier molecular flexibility index (Phi) is 4.32. The molecule has 0 radical (unpaired) electrons. The highest BCUT2D eigenvalue weighted by Crippen LogP contribution is 2.54. The van der Waals surface area contributed by atoms with Crippen LogP contribution in [0.2, 0.25) is 0 Å². The van der Waals surface area contributed by atoms with Crippen LogP contribution in [0.3, 0.4) is 0 Å². The van der Waals surface area contributed by atoms with E-state index in [0.717, 1.165) is 27.6 Å². The number of hydrogen-bond acceptors (Lipinski definition) is 4. The molecule has 7 nitrogen and oxygen atoms in total. The number of nitrogens with one attached hydrogen (secondary N) is 3. The quantitative estimate of drug-likeness (QED) is 0.394. The number of carbonyl (C=O) groups excluding carboxylic acids is 3. The van der Waals surface area contributed by atoms with Crippen molar-refractivity contribution in [1.82, 2.24) is 10.3 Å². The van der Waals surface area contributed by atoms with Gasteiger partial charge < -0.3 is 10.3 Å². The summed E-state index contributed by atoms with van der Waals surface area (Å²) in [4.78, 5) is 46.3. The van der Waals surface area contributed by atoms with Crippen LogP contribution in [0.5, 0.6) is 0 Å². The van der Waals surface area contributed by atoms with Crippen molar-refractivity contribution in [1.29, 1.82) is 0 Å². The van der Waals surface area contributed by atoms with Gasteiger partial charge in [-0.25, -0.2) is 4.90 Å². The van der Waals surface area contributed by atoms with E-state index in [0.29, 0.717) is 17.8 Å². The van der Waals surface area contributed by atoms with Gasteiger partial charge in [0.15, 0.2) is 0 Å². The van der Waals surface area contributed by atoms with Gasteiger partial charge >= 0.3 is 0 Å². The van der Waals surface area contributed by atoms with Crippen molar-refractivity contribution in [3.63, 3.8) is 0 Å². The smallest absolute Gasteiger partial charge is 0.250 e. The van der Waals surface area contributed by atoms with E-state index in [4.69, 9.17) is 0 Å². The summed E-state index contributed by atoms with van der Waals surface area (Å²) < 4.78 is 0. The normalized spacial score (nSPS) is 26.6. The number of aromatic amines is 1. The van der Waals surface area contributed by atoms with Crippen LogP contribution in [0.4, 0.5) is 11.4 Å². The Morgan fingerprint density at radius 3 is 2.53 bits per heavy atom. The second-order valence-electron chi connectivity index (χ2n) is 9.98. The first-order valence-corrected chi connectivity index (χ1v) is 12.2. The van der Waals surface area contributed by atoms with Gasteiger partial charge in [-0.15, -0.1) is 0 Å². The van der Waals surface area contributed by atoms with Crippen molar-refractivity contribution in [2.45, 2.75) is 24.9 Å². The summed E-state index contributed by atoms with van der Waals surface area (Å²) in [6.07, 6.45) is 2.46. The monoisotopic (exact) mass is 476 g/mol. The summed E-state index contributed by atoms with van der Waals surface area (Å²) in [6.45, 7) is 1.96. The number of benzene rings is 3. The molecule has 2 saturated heterocycles. The summed E-state index contributed by atoms with van der Waals surface area (Å²) in [7, 11) is 0. The summed E-state index contributed by atoms with van der Waals surface area (Å²) in [5.41, 5.74) is 3.68. The van der Waals surface area contributed by atoms with Crippen LogP contribution >= 0.6 is 0 Å². The maximum Gasteiger partial charge on any atom is 0.250 e. The highest BCUT2D eigenvalue weighted by molar-refractivity contribution is 6.25. The maximum absolute atomic E-state index is 14.0. The molecule has 4 atom stereocenters. The molecule has 7 heteroatoms. The molecule has 36 heavy (non-hydrogen) atoms. The van der Waals surface area contributed by atoms with Crippen molar-refractivity contribution in [2.75, 3.05) is 10.2 Å².